The molecule has 3 aromatic heterocycles. The first-order chi connectivity index (χ1) is 10.6. The summed E-state index contributed by atoms with van der Waals surface area (Å²) < 4.78 is 7.04. The van der Waals surface area contributed by atoms with Gasteiger partial charge in [0.05, 0.1) is 16.8 Å². The Morgan fingerprint density at radius 3 is 2.95 bits per heavy atom. The monoisotopic (exact) mass is 314 g/mol. The number of halogens is 1. The lowest BCUT2D eigenvalue weighted by Crippen LogP contribution is -1.93. The minimum absolute atomic E-state index is 0.00466. The molecule has 0 unspecified atom stereocenters. The van der Waals surface area contributed by atoms with Crippen molar-refractivity contribution in [3.05, 3.63) is 58.1 Å². The maximum absolute atomic E-state index is 10.9. The van der Waals surface area contributed by atoms with Gasteiger partial charge in [0.15, 0.2) is 5.65 Å². The molecule has 0 aliphatic carbocycles. The minimum Gasteiger partial charge on any atom is -0.464 e. The van der Waals surface area contributed by atoms with E-state index in [1.54, 1.807) is 28.9 Å². The van der Waals surface area contributed by atoms with E-state index in [1.807, 2.05) is 0 Å². The van der Waals surface area contributed by atoms with Crippen LogP contribution in [0.25, 0.3) is 27.9 Å². The maximum Gasteiger partial charge on any atom is 0.270 e. The first-order valence-electron chi connectivity index (χ1n) is 6.30. The molecule has 1 aromatic carbocycles. The standard InChI is InChI=1S/C14H7ClN4O3/c15-13-3-4-14-16-6-11(18(14)17-13)10-7-22-12-2-1-8(19(20)21)5-9(10)12/h1-7H. The van der Waals surface area contributed by atoms with E-state index in [0.717, 1.165) is 0 Å². The molecule has 0 N–H and O–H groups in total. The van der Waals surface area contributed by atoms with Crippen LogP contribution in [-0.2, 0) is 0 Å². The normalized spacial score (nSPS) is 11.3. The molecule has 0 aliphatic rings. The number of nitrogens with zero attached hydrogens (tertiary/aromatic N) is 4. The number of furan rings is 1. The van der Waals surface area contributed by atoms with E-state index in [9.17, 15) is 10.1 Å². The van der Waals surface area contributed by atoms with Crippen molar-refractivity contribution >= 4 is 33.9 Å². The van der Waals surface area contributed by atoms with E-state index in [1.165, 1.54) is 18.4 Å². The highest BCUT2D eigenvalue weighted by Gasteiger charge is 2.16. The summed E-state index contributed by atoms with van der Waals surface area (Å²) in [6.45, 7) is 0. The molecule has 0 bridgehead atoms. The molecule has 3 heterocycles. The van der Waals surface area contributed by atoms with Gasteiger partial charge in [-0.15, -0.1) is 0 Å². The summed E-state index contributed by atoms with van der Waals surface area (Å²) in [6.07, 6.45) is 3.15. The summed E-state index contributed by atoms with van der Waals surface area (Å²) in [5, 5.41) is 16.1. The number of hydrogen-bond acceptors (Lipinski definition) is 5. The molecule has 4 aromatic rings. The van der Waals surface area contributed by atoms with E-state index in [4.69, 9.17) is 16.0 Å². The molecule has 0 saturated heterocycles. The van der Waals surface area contributed by atoms with Crippen LogP contribution in [0.4, 0.5) is 5.69 Å². The van der Waals surface area contributed by atoms with Crippen molar-refractivity contribution in [3.63, 3.8) is 0 Å². The Morgan fingerprint density at radius 1 is 1.27 bits per heavy atom. The van der Waals surface area contributed by atoms with Gasteiger partial charge in [0.2, 0.25) is 0 Å². The molecule has 8 heteroatoms. The lowest BCUT2D eigenvalue weighted by molar-refractivity contribution is -0.384. The summed E-state index contributed by atoms with van der Waals surface area (Å²) in [5.41, 5.74) is 2.49. The number of nitro groups is 1. The fourth-order valence-electron chi connectivity index (χ4n) is 2.36. The van der Waals surface area contributed by atoms with Gasteiger partial charge in [-0.2, -0.15) is 5.10 Å². The molecule has 0 spiro atoms. The van der Waals surface area contributed by atoms with Crippen molar-refractivity contribution in [3.8, 4) is 11.3 Å². The lowest BCUT2D eigenvalue weighted by Gasteiger charge is -1.99. The van der Waals surface area contributed by atoms with Crippen molar-refractivity contribution in [2.24, 2.45) is 0 Å². The summed E-state index contributed by atoms with van der Waals surface area (Å²) in [5.74, 6) is 0. The smallest absolute Gasteiger partial charge is 0.270 e. The molecule has 0 aliphatic heterocycles. The van der Waals surface area contributed by atoms with E-state index in [0.29, 0.717) is 33.0 Å². The van der Waals surface area contributed by atoms with Crippen LogP contribution < -0.4 is 0 Å². The number of fused-ring (bicyclic) bond motifs is 2. The molecule has 22 heavy (non-hydrogen) atoms. The molecule has 4 rings (SSSR count). The second-order valence-electron chi connectivity index (χ2n) is 4.66. The maximum atomic E-state index is 10.9. The highest BCUT2D eigenvalue weighted by molar-refractivity contribution is 6.29. The fourth-order valence-corrected chi connectivity index (χ4v) is 2.50. The SMILES string of the molecule is O=[N+]([O-])c1ccc2occ(-c3cnc4ccc(Cl)nn34)c2c1. The van der Waals surface area contributed by atoms with Crippen LogP contribution in [-0.4, -0.2) is 19.5 Å². The van der Waals surface area contributed by atoms with Crippen molar-refractivity contribution in [2.75, 3.05) is 0 Å². The van der Waals surface area contributed by atoms with Crippen LogP contribution in [0.5, 0.6) is 0 Å². The Bertz CT molecular complexity index is 1040. The van der Waals surface area contributed by atoms with Crippen molar-refractivity contribution in [1.82, 2.24) is 14.6 Å². The molecule has 0 amide bonds. The predicted octanol–water partition coefficient (Wildman–Crippen LogP) is 3.70. The van der Waals surface area contributed by atoms with Gasteiger partial charge in [0, 0.05) is 23.1 Å². The molecule has 0 radical (unpaired) electrons. The van der Waals surface area contributed by atoms with Gasteiger partial charge >= 0.3 is 0 Å². The summed E-state index contributed by atoms with van der Waals surface area (Å²) in [7, 11) is 0. The number of aromatic nitrogens is 3. The van der Waals surface area contributed by atoms with E-state index in [2.05, 4.69) is 10.1 Å². The largest absolute Gasteiger partial charge is 0.464 e. The zero-order valence-corrected chi connectivity index (χ0v) is 11.7. The molecule has 0 fully saturated rings. The van der Waals surface area contributed by atoms with Crippen molar-refractivity contribution in [2.45, 2.75) is 0 Å². The molecular formula is C14H7ClN4O3. The molecular weight excluding hydrogens is 308 g/mol. The van der Waals surface area contributed by atoms with Crippen LogP contribution in [0.1, 0.15) is 0 Å². The average molecular weight is 315 g/mol. The minimum atomic E-state index is -0.445. The molecule has 7 nitrogen and oxygen atoms in total. The number of imidazole rings is 1. The van der Waals surface area contributed by atoms with Crippen LogP contribution in [0.3, 0.4) is 0 Å². The number of benzene rings is 1. The number of hydrogen-bond donors (Lipinski definition) is 0. The Labute approximate surface area is 127 Å². The quantitative estimate of drug-likeness (QED) is 0.416. The number of nitro benzene ring substituents is 1. The summed E-state index contributed by atoms with van der Waals surface area (Å²) >= 11 is 5.92. The van der Waals surface area contributed by atoms with Crippen molar-refractivity contribution < 1.29 is 9.34 Å². The highest BCUT2D eigenvalue weighted by Crippen LogP contribution is 2.33. The third kappa shape index (κ3) is 1.83. The summed E-state index contributed by atoms with van der Waals surface area (Å²) in [4.78, 5) is 14.8. The first kappa shape index (κ1) is 12.8. The van der Waals surface area contributed by atoms with Crippen LogP contribution >= 0.6 is 11.6 Å². The lowest BCUT2D eigenvalue weighted by atomic mass is 10.1. The van der Waals surface area contributed by atoms with E-state index >= 15 is 0 Å². The molecule has 108 valence electrons. The highest BCUT2D eigenvalue weighted by atomic mass is 35.5. The average Bonchev–Trinajstić information content (AvgIpc) is 3.09. The predicted molar refractivity (Wildman–Crippen MR) is 79.9 cm³/mol. The van der Waals surface area contributed by atoms with E-state index in [-0.39, 0.29) is 5.69 Å². The Morgan fingerprint density at radius 2 is 2.14 bits per heavy atom. The van der Waals surface area contributed by atoms with E-state index < -0.39 is 4.92 Å². The molecule has 0 atom stereocenters. The fraction of sp³-hybridized carbons (Fsp3) is 0. The Balaban J connectivity index is 2.01. The zero-order chi connectivity index (χ0) is 15.3. The van der Waals surface area contributed by atoms with Gasteiger partial charge < -0.3 is 4.42 Å². The Hall–Kier alpha value is -2.93. The van der Waals surface area contributed by atoms with Crippen LogP contribution in [0.15, 0.2) is 47.2 Å². The van der Waals surface area contributed by atoms with Crippen LogP contribution in [0.2, 0.25) is 5.15 Å². The molecule has 0 saturated carbocycles. The Kier molecular flexibility index (Phi) is 2.64. The van der Waals surface area contributed by atoms with Gasteiger partial charge in [0.25, 0.3) is 5.69 Å². The van der Waals surface area contributed by atoms with Gasteiger partial charge in [-0.1, -0.05) is 11.6 Å². The third-order valence-electron chi connectivity index (χ3n) is 3.37. The second kappa shape index (κ2) is 4.54. The van der Waals surface area contributed by atoms with Gasteiger partial charge in [0.1, 0.15) is 17.0 Å². The third-order valence-corrected chi connectivity index (χ3v) is 3.58. The van der Waals surface area contributed by atoms with Gasteiger partial charge in [-0.3, -0.25) is 10.1 Å². The number of rotatable bonds is 2. The summed E-state index contributed by atoms with van der Waals surface area (Å²) in [6, 6.07) is 7.83. The zero-order valence-electron chi connectivity index (χ0n) is 10.9. The number of non-ortho nitro benzene ring substituents is 1. The van der Waals surface area contributed by atoms with Gasteiger partial charge in [-0.25, -0.2) is 9.50 Å². The first-order valence-corrected chi connectivity index (χ1v) is 6.67. The van der Waals surface area contributed by atoms with Gasteiger partial charge in [-0.05, 0) is 18.2 Å². The second-order valence-corrected chi connectivity index (χ2v) is 5.04. The van der Waals surface area contributed by atoms with Crippen molar-refractivity contribution in [1.29, 1.82) is 0 Å². The topological polar surface area (TPSA) is 86.5 Å². The van der Waals surface area contributed by atoms with Crippen LogP contribution in [0, 0.1) is 10.1 Å².